The summed E-state index contributed by atoms with van der Waals surface area (Å²) in [6, 6.07) is 9.57. The Bertz CT molecular complexity index is 649. The third-order valence-corrected chi connectivity index (χ3v) is 3.59. The van der Waals surface area contributed by atoms with Crippen LogP contribution in [-0.2, 0) is 11.0 Å². The third kappa shape index (κ3) is 4.45. The molecule has 0 radical (unpaired) electrons. The van der Waals surface area contributed by atoms with Crippen LogP contribution in [0.25, 0.3) is 0 Å². The van der Waals surface area contributed by atoms with Crippen molar-refractivity contribution >= 4 is 23.4 Å². The van der Waals surface area contributed by atoms with Crippen molar-refractivity contribution in [3.05, 3.63) is 48.3 Å². The van der Waals surface area contributed by atoms with Gasteiger partial charge in [-0.2, -0.15) is 13.2 Å². The van der Waals surface area contributed by atoms with Gasteiger partial charge in [0.15, 0.2) is 5.16 Å². The number of thioether (sulfide) groups is 1. The lowest BCUT2D eigenvalue weighted by molar-refractivity contribution is -0.141. The lowest BCUT2D eigenvalue weighted by atomic mass is 10.3. The Labute approximate surface area is 129 Å². The second kappa shape index (κ2) is 6.78. The number of nitrogens with one attached hydrogen (secondary N) is 1. The average Bonchev–Trinajstić information content (AvgIpc) is 2.47. The molecular formula is C14H12F3N3OS. The number of hydrogen-bond acceptors (Lipinski definition) is 4. The summed E-state index contributed by atoms with van der Waals surface area (Å²) < 4.78 is 37.7. The molecule has 8 heteroatoms. The molecule has 1 atom stereocenters. The van der Waals surface area contributed by atoms with Crippen LogP contribution >= 0.6 is 11.8 Å². The van der Waals surface area contributed by atoms with E-state index in [-0.39, 0.29) is 11.1 Å². The maximum Gasteiger partial charge on any atom is 0.433 e. The van der Waals surface area contributed by atoms with Gasteiger partial charge in [-0.3, -0.25) is 4.79 Å². The predicted molar refractivity (Wildman–Crippen MR) is 77.4 cm³/mol. The molecule has 4 nitrogen and oxygen atoms in total. The number of carbonyl (C=O) groups is 1. The molecule has 0 aliphatic carbocycles. The van der Waals surface area contributed by atoms with E-state index in [1.54, 1.807) is 31.2 Å². The molecule has 1 heterocycles. The van der Waals surface area contributed by atoms with Crippen LogP contribution in [0.4, 0.5) is 18.9 Å². The number of alkyl halides is 3. The number of aromatic nitrogens is 2. The number of halogens is 3. The fraction of sp³-hybridized carbons (Fsp3) is 0.214. The standard InChI is InChI=1S/C14H12F3N3OS/c1-9(12(21)19-10-5-3-2-4-6-10)22-13-18-8-7-11(20-13)14(15,16)17/h2-9H,1H3,(H,19,21). The Balaban J connectivity index is 2.02. The molecule has 1 N–H and O–H groups in total. The Morgan fingerprint density at radius 3 is 2.55 bits per heavy atom. The molecular weight excluding hydrogens is 315 g/mol. The minimum atomic E-state index is -4.53. The smallest absolute Gasteiger partial charge is 0.325 e. The van der Waals surface area contributed by atoms with Gasteiger partial charge >= 0.3 is 6.18 Å². The van der Waals surface area contributed by atoms with Gasteiger partial charge in [0.05, 0.1) is 5.25 Å². The average molecular weight is 327 g/mol. The summed E-state index contributed by atoms with van der Waals surface area (Å²) in [5.41, 5.74) is -0.412. The van der Waals surface area contributed by atoms with E-state index in [2.05, 4.69) is 15.3 Å². The molecule has 0 aliphatic rings. The van der Waals surface area contributed by atoms with Gasteiger partial charge in [0, 0.05) is 11.9 Å². The highest BCUT2D eigenvalue weighted by Crippen LogP contribution is 2.29. The van der Waals surface area contributed by atoms with Gasteiger partial charge in [-0.05, 0) is 25.1 Å². The Morgan fingerprint density at radius 2 is 1.91 bits per heavy atom. The van der Waals surface area contributed by atoms with E-state index >= 15 is 0 Å². The van der Waals surface area contributed by atoms with E-state index in [9.17, 15) is 18.0 Å². The van der Waals surface area contributed by atoms with Crippen LogP contribution in [0, 0.1) is 0 Å². The summed E-state index contributed by atoms with van der Waals surface area (Å²) >= 11 is 0.867. The fourth-order valence-electron chi connectivity index (χ4n) is 1.53. The maximum atomic E-state index is 12.6. The zero-order valence-corrected chi connectivity index (χ0v) is 12.3. The number of rotatable bonds is 4. The molecule has 0 aliphatic heterocycles. The van der Waals surface area contributed by atoms with Gasteiger partial charge < -0.3 is 5.32 Å². The van der Waals surface area contributed by atoms with Crippen molar-refractivity contribution < 1.29 is 18.0 Å². The van der Waals surface area contributed by atoms with E-state index in [1.165, 1.54) is 0 Å². The van der Waals surface area contributed by atoms with Crippen molar-refractivity contribution in [2.75, 3.05) is 5.32 Å². The molecule has 2 aromatic rings. The van der Waals surface area contributed by atoms with Crippen LogP contribution in [-0.4, -0.2) is 21.1 Å². The highest BCUT2D eigenvalue weighted by Gasteiger charge is 2.33. The molecule has 0 saturated carbocycles. The van der Waals surface area contributed by atoms with Gasteiger partial charge in [0.2, 0.25) is 5.91 Å². The maximum absolute atomic E-state index is 12.6. The van der Waals surface area contributed by atoms with E-state index in [0.29, 0.717) is 5.69 Å². The second-order valence-electron chi connectivity index (χ2n) is 4.34. The Morgan fingerprint density at radius 1 is 1.23 bits per heavy atom. The van der Waals surface area contributed by atoms with Gasteiger partial charge in [0.1, 0.15) is 5.69 Å². The fourth-order valence-corrected chi connectivity index (χ4v) is 2.29. The second-order valence-corrected chi connectivity index (χ2v) is 5.65. The summed E-state index contributed by atoms with van der Waals surface area (Å²) in [6.07, 6.45) is -3.51. The van der Waals surface area contributed by atoms with Gasteiger partial charge in [-0.15, -0.1) is 0 Å². The van der Waals surface area contributed by atoms with E-state index < -0.39 is 17.1 Å². The highest BCUT2D eigenvalue weighted by molar-refractivity contribution is 8.00. The van der Waals surface area contributed by atoms with Gasteiger partial charge in [0.25, 0.3) is 0 Å². The molecule has 1 aromatic carbocycles. The van der Waals surface area contributed by atoms with Gasteiger partial charge in [-0.25, -0.2) is 9.97 Å². The number of carbonyl (C=O) groups excluding carboxylic acids is 1. The number of hydrogen-bond donors (Lipinski definition) is 1. The van der Waals surface area contributed by atoms with E-state index in [0.717, 1.165) is 24.0 Å². The summed E-state index contributed by atoms with van der Waals surface area (Å²) in [6.45, 7) is 1.58. The minimum Gasteiger partial charge on any atom is -0.325 e. The van der Waals surface area contributed by atoms with Crippen molar-refractivity contribution in [3.8, 4) is 0 Å². The van der Waals surface area contributed by atoms with Crippen LogP contribution in [0.2, 0.25) is 0 Å². The molecule has 22 heavy (non-hydrogen) atoms. The largest absolute Gasteiger partial charge is 0.433 e. The molecule has 0 spiro atoms. The summed E-state index contributed by atoms with van der Waals surface area (Å²) in [7, 11) is 0. The van der Waals surface area contributed by atoms with Gasteiger partial charge in [-0.1, -0.05) is 30.0 Å². The molecule has 0 saturated heterocycles. The number of para-hydroxylation sites is 1. The lowest BCUT2D eigenvalue weighted by Gasteiger charge is -2.12. The van der Waals surface area contributed by atoms with Crippen LogP contribution < -0.4 is 5.32 Å². The first-order valence-electron chi connectivity index (χ1n) is 6.29. The quantitative estimate of drug-likeness (QED) is 0.688. The Kier molecular flexibility index (Phi) is 5.02. The van der Waals surface area contributed by atoms with E-state index in [4.69, 9.17) is 0 Å². The normalized spacial score (nSPS) is 12.7. The van der Waals surface area contributed by atoms with Crippen molar-refractivity contribution in [1.82, 2.24) is 9.97 Å². The first kappa shape index (κ1) is 16.3. The first-order chi connectivity index (χ1) is 10.4. The highest BCUT2D eigenvalue weighted by atomic mass is 32.2. The number of amides is 1. The summed E-state index contributed by atoms with van der Waals surface area (Å²) in [5.74, 6) is -0.336. The molecule has 2 rings (SSSR count). The molecule has 1 aromatic heterocycles. The number of nitrogens with zero attached hydrogens (tertiary/aromatic N) is 2. The molecule has 1 unspecified atom stereocenters. The van der Waals surface area contributed by atoms with Crippen LogP contribution in [0.1, 0.15) is 12.6 Å². The topological polar surface area (TPSA) is 54.9 Å². The van der Waals surface area contributed by atoms with Crippen molar-refractivity contribution in [2.45, 2.75) is 23.5 Å². The van der Waals surface area contributed by atoms with Crippen LogP contribution in [0.3, 0.4) is 0 Å². The summed E-state index contributed by atoms with van der Waals surface area (Å²) in [4.78, 5) is 19.2. The molecule has 116 valence electrons. The van der Waals surface area contributed by atoms with E-state index in [1.807, 2.05) is 6.07 Å². The summed E-state index contributed by atoms with van der Waals surface area (Å²) in [5, 5.41) is 1.94. The molecule has 0 bridgehead atoms. The SMILES string of the molecule is CC(Sc1nccc(C(F)(F)F)n1)C(=O)Nc1ccccc1. The number of benzene rings is 1. The first-order valence-corrected chi connectivity index (χ1v) is 7.17. The zero-order chi connectivity index (χ0) is 16.2. The minimum absolute atomic E-state index is 0.0921. The molecule has 1 amide bonds. The third-order valence-electron chi connectivity index (χ3n) is 2.62. The zero-order valence-electron chi connectivity index (χ0n) is 11.5. The predicted octanol–water partition coefficient (Wildman–Crippen LogP) is 3.61. The number of anilines is 1. The Hall–Kier alpha value is -2.09. The monoisotopic (exact) mass is 327 g/mol. The lowest BCUT2D eigenvalue weighted by Crippen LogP contribution is -2.22. The van der Waals surface area contributed by atoms with Crippen molar-refractivity contribution in [2.24, 2.45) is 0 Å². The van der Waals surface area contributed by atoms with Crippen LogP contribution in [0.15, 0.2) is 47.8 Å². The van der Waals surface area contributed by atoms with Crippen LogP contribution in [0.5, 0.6) is 0 Å². The van der Waals surface area contributed by atoms with Crippen molar-refractivity contribution in [3.63, 3.8) is 0 Å². The molecule has 0 fully saturated rings. The van der Waals surface area contributed by atoms with Crippen molar-refractivity contribution in [1.29, 1.82) is 0 Å².